The summed E-state index contributed by atoms with van der Waals surface area (Å²) in [6.45, 7) is 2.28. The number of ether oxygens (including phenoxy) is 2. The lowest BCUT2D eigenvalue weighted by atomic mass is 10.1. The van der Waals surface area contributed by atoms with Crippen LogP contribution in [0.15, 0.2) is 36.4 Å². The molecule has 0 aromatic heterocycles. The van der Waals surface area contributed by atoms with E-state index < -0.39 is 10.0 Å². The molecule has 0 atom stereocenters. The van der Waals surface area contributed by atoms with Crippen LogP contribution in [0.1, 0.15) is 28.8 Å². The first-order valence-electron chi connectivity index (χ1n) is 9.00. The van der Waals surface area contributed by atoms with Crippen molar-refractivity contribution in [3.63, 3.8) is 0 Å². The second kappa shape index (κ2) is 8.10. The van der Waals surface area contributed by atoms with Gasteiger partial charge in [-0.1, -0.05) is 0 Å². The molecule has 7 nitrogen and oxygen atoms in total. The predicted octanol–water partition coefficient (Wildman–Crippen LogP) is 3.19. The highest BCUT2D eigenvalue weighted by atomic mass is 32.2. The second-order valence-corrected chi connectivity index (χ2v) is 8.63. The molecule has 0 spiro atoms. The maximum Gasteiger partial charge on any atom is 0.255 e. The SMILES string of the molecule is COc1ccc(OC)c(NC(=O)c2ccc(N3CCCCS3(=O)=O)c(C)c2)c1. The third-order valence-electron chi connectivity index (χ3n) is 4.73. The molecule has 1 aliphatic heterocycles. The van der Waals surface area contributed by atoms with E-state index in [2.05, 4.69) is 5.32 Å². The Kier molecular flexibility index (Phi) is 5.79. The van der Waals surface area contributed by atoms with Crippen molar-refractivity contribution in [3.8, 4) is 11.5 Å². The molecule has 2 aromatic carbocycles. The largest absolute Gasteiger partial charge is 0.497 e. The van der Waals surface area contributed by atoms with Gasteiger partial charge in [-0.2, -0.15) is 0 Å². The fraction of sp³-hybridized carbons (Fsp3) is 0.350. The molecule has 0 bridgehead atoms. The van der Waals surface area contributed by atoms with Gasteiger partial charge in [0.25, 0.3) is 5.91 Å². The zero-order valence-electron chi connectivity index (χ0n) is 16.2. The Morgan fingerprint density at radius 1 is 1.07 bits per heavy atom. The molecule has 1 saturated heterocycles. The first kappa shape index (κ1) is 20.0. The molecular weight excluding hydrogens is 380 g/mol. The van der Waals surface area contributed by atoms with Crippen LogP contribution >= 0.6 is 0 Å². The molecule has 0 unspecified atom stereocenters. The van der Waals surface area contributed by atoms with Gasteiger partial charge in [-0.25, -0.2) is 8.42 Å². The molecule has 1 aliphatic rings. The van der Waals surface area contributed by atoms with Crippen LogP contribution in [0, 0.1) is 6.92 Å². The lowest BCUT2D eigenvalue weighted by molar-refractivity contribution is 0.102. The zero-order valence-corrected chi connectivity index (χ0v) is 17.0. The van der Waals surface area contributed by atoms with E-state index in [1.807, 2.05) is 6.92 Å². The van der Waals surface area contributed by atoms with Gasteiger partial charge in [0.15, 0.2) is 0 Å². The Hall–Kier alpha value is -2.74. The number of hydrogen-bond acceptors (Lipinski definition) is 5. The van der Waals surface area contributed by atoms with Gasteiger partial charge in [-0.15, -0.1) is 0 Å². The number of hydrogen-bond donors (Lipinski definition) is 1. The van der Waals surface area contributed by atoms with Crippen molar-refractivity contribution in [1.29, 1.82) is 0 Å². The van der Waals surface area contributed by atoms with E-state index >= 15 is 0 Å². The van der Waals surface area contributed by atoms with Crippen LogP contribution in [0.4, 0.5) is 11.4 Å². The van der Waals surface area contributed by atoms with Gasteiger partial charge in [0.1, 0.15) is 11.5 Å². The van der Waals surface area contributed by atoms with Crippen molar-refractivity contribution in [3.05, 3.63) is 47.5 Å². The number of rotatable bonds is 5. The molecule has 2 aromatic rings. The van der Waals surface area contributed by atoms with Gasteiger partial charge < -0.3 is 14.8 Å². The highest BCUT2D eigenvalue weighted by Gasteiger charge is 2.27. The summed E-state index contributed by atoms with van der Waals surface area (Å²) in [7, 11) is -0.226. The number of sulfonamides is 1. The number of carbonyl (C=O) groups is 1. The monoisotopic (exact) mass is 404 g/mol. The summed E-state index contributed by atoms with van der Waals surface area (Å²) in [4.78, 5) is 12.7. The van der Waals surface area contributed by atoms with Crippen LogP contribution in [0.25, 0.3) is 0 Å². The highest BCUT2D eigenvalue weighted by Crippen LogP contribution is 2.31. The van der Waals surface area contributed by atoms with Gasteiger partial charge >= 0.3 is 0 Å². The minimum absolute atomic E-state index is 0.157. The second-order valence-electron chi connectivity index (χ2n) is 6.62. The standard InChI is InChI=1S/C20H24N2O5S/c1-14-12-15(6-8-18(14)22-10-4-5-11-28(22,24)25)20(23)21-17-13-16(26-2)7-9-19(17)27-3/h6-9,12-13H,4-5,10-11H2,1-3H3,(H,21,23). The number of nitrogens with one attached hydrogen (secondary N) is 1. The molecule has 0 saturated carbocycles. The third-order valence-corrected chi connectivity index (χ3v) is 6.59. The van der Waals surface area contributed by atoms with Crippen molar-refractivity contribution in [1.82, 2.24) is 0 Å². The topological polar surface area (TPSA) is 84.9 Å². The first-order valence-corrected chi connectivity index (χ1v) is 10.6. The molecule has 1 heterocycles. The van der Waals surface area contributed by atoms with Gasteiger partial charge in [0.05, 0.1) is 31.3 Å². The maximum atomic E-state index is 12.7. The molecule has 1 N–H and O–H groups in total. The van der Waals surface area contributed by atoms with Gasteiger partial charge in [0, 0.05) is 18.2 Å². The van der Waals surface area contributed by atoms with E-state index in [0.29, 0.717) is 41.4 Å². The molecule has 0 aliphatic carbocycles. The van der Waals surface area contributed by atoms with Crippen LogP contribution in [0.2, 0.25) is 0 Å². The summed E-state index contributed by atoms with van der Waals surface area (Å²) in [5.41, 5.74) is 2.28. The summed E-state index contributed by atoms with van der Waals surface area (Å²) in [6, 6.07) is 10.2. The Labute approximate surface area is 165 Å². The van der Waals surface area contributed by atoms with E-state index in [-0.39, 0.29) is 11.7 Å². The average Bonchev–Trinajstić information content (AvgIpc) is 2.68. The van der Waals surface area contributed by atoms with E-state index in [9.17, 15) is 13.2 Å². The van der Waals surface area contributed by atoms with Gasteiger partial charge in [-0.3, -0.25) is 9.10 Å². The van der Waals surface area contributed by atoms with Crippen molar-refractivity contribution >= 4 is 27.3 Å². The number of benzene rings is 2. The smallest absolute Gasteiger partial charge is 0.255 e. The number of aryl methyl sites for hydroxylation is 1. The number of carbonyl (C=O) groups excluding carboxylic acids is 1. The number of methoxy groups -OCH3 is 2. The summed E-state index contributed by atoms with van der Waals surface area (Å²) in [5.74, 6) is 0.951. The number of nitrogens with zero attached hydrogens (tertiary/aromatic N) is 1. The lowest BCUT2D eigenvalue weighted by Crippen LogP contribution is -2.38. The molecule has 0 radical (unpaired) electrons. The third kappa shape index (κ3) is 4.06. The Morgan fingerprint density at radius 3 is 2.50 bits per heavy atom. The minimum Gasteiger partial charge on any atom is -0.497 e. The van der Waals surface area contributed by atoms with Crippen molar-refractivity contribution in [2.45, 2.75) is 19.8 Å². The van der Waals surface area contributed by atoms with Crippen LogP contribution < -0.4 is 19.1 Å². The van der Waals surface area contributed by atoms with E-state index in [0.717, 1.165) is 12.0 Å². The molecule has 28 heavy (non-hydrogen) atoms. The Balaban J connectivity index is 1.85. The fourth-order valence-electron chi connectivity index (χ4n) is 3.24. The Bertz CT molecular complexity index is 988. The zero-order chi connectivity index (χ0) is 20.3. The van der Waals surface area contributed by atoms with Crippen LogP contribution in [0.3, 0.4) is 0 Å². The van der Waals surface area contributed by atoms with Crippen molar-refractivity contribution in [2.75, 3.05) is 36.1 Å². The predicted molar refractivity (Wildman–Crippen MR) is 109 cm³/mol. The molecule has 1 fully saturated rings. The van der Waals surface area contributed by atoms with Gasteiger partial charge in [0.2, 0.25) is 10.0 Å². The molecular formula is C20H24N2O5S. The Morgan fingerprint density at radius 2 is 1.86 bits per heavy atom. The van der Waals surface area contributed by atoms with E-state index in [1.165, 1.54) is 11.4 Å². The quantitative estimate of drug-likeness (QED) is 0.827. The summed E-state index contributed by atoms with van der Waals surface area (Å²) >= 11 is 0. The molecule has 1 amide bonds. The summed E-state index contributed by atoms with van der Waals surface area (Å²) in [6.07, 6.45) is 1.51. The first-order chi connectivity index (χ1) is 13.4. The van der Waals surface area contributed by atoms with E-state index in [1.54, 1.807) is 43.5 Å². The van der Waals surface area contributed by atoms with Crippen LogP contribution in [-0.2, 0) is 10.0 Å². The normalized spacial score (nSPS) is 15.8. The molecule has 3 rings (SSSR count). The molecule has 150 valence electrons. The highest BCUT2D eigenvalue weighted by molar-refractivity contribution is 7.92. The van der Waals surface area contributed by atoms with Gasteiger partial charge in [-0.05, 0) is 55.7 Å². The van der Waals surface area contributed by atoms with Crippen molar-refractivity contribution in [2.24, 2.45) is 0 Å². The minimum atomic E-state index is -3.30. The van der Waals surface area contributed by atoms with Crippen LogP contribution in [-0.4, -0.2) is 40.8 Å². The van der Waals surface area contributed by atoms with Crippen LogP contribution in [0.5, 0.6) is 11.5 Å². The lowest BCUT2D eigenvalue weighted by Gasteiger charge is -2.29. The number of amides is 1. The summed E-state index contributed by atoms with van der Waals surface area (Å²) < 4.78 is 36.6. The average molecular weight is 404 g/mol. The maximum absolute atomic E-state index is 12.7. The number of anilines is 2. The van der Waals surface area contributed by atoms with E-state index in [4.69, 9.17) is 9.47 Å². The summed E-state index contributed by atoms with van der Waals surface area (Å²) in [5, 5.41) is 2.82. The van der Waals surface area contributed by atoms with Crippen molar-refractivity contribution < 1.29 is 22.7 Å². The molecule has 8 heteroatoms. The fourth-order valence-corrected chi connectivity index (χ4v) is 4.94.